The summed E-state index contributed by atoms with van der Waals surface area (Å²) in [5, 5.41) is 2.23. The van der Waals surface area contributed by atoms with Gasteiger partial charge in [-0.1, -0.05) is 36.4 Å². The molecule has 1 N–H and O–H groups in total. The molecular weight excluding hydrogens is 649 g/mol. The van der Waals surface area contributed by atoms with Crippen molar-refractivity contribution in [2.75, 3.05) is 26.2 Å². The number of nitrogens with zero attached hydrogens (tertiary/aromatic N) is 3. The van der Waals surface area contributed by atoms with E-state index in [0.29, 0.717) is 30.5 Å². The molecular formula is C38H37F3N4O5. The van der Waals surface area contributed by atoms with Crippen LogP contribution in [0.5, 0.6) is 0 Å². The molecule has 0 aliphatic carbocycles. The largest absolute Gasteiger partial charge is 0.416 e. The van der Waals surface area contributed by atoms with E-state index in [1.54, 1.807) is 23.1 Å². The number of amides is 5. The van der Waals surface area contributed by atoms with Crippen LogP contribution in [0.15, 0.2) is 66.7 Å². The molecule has 3 aromatic rings. The van der Waals surface area contributed by atoms with Crippen molar-refractivity contribution in [3.8, 4) is 11.1 Å². The van der Waals surface area contributed by atoms with Gasteiger partial charge in [0.15, 0.2) is 0 Å². The predicted octanol–water partition coefficient (Wildman–Crippen LogP) is 5.54. The molecule has 3 aromatic carbocycles. The fourth-order valence-electron chi connectivity index (χ4n) is 8.02. The molecule has 4 heterocycles. The number of likely N-dealkylation sites (tertiary alicyclic amines) is 2. The van der Waals surface area contributed by atoms with Crippen LogP contribution in [0.3, 0.4) is 0 Å². The van der Waals surface area contributed by atoms with Gasteiger partial charge in [0.2, 0.25) is 11.8 Å². The van der Waals surface area contributed by atoms with E-state index >= 15 is 0 Å². The molecule has 1 unspecified atom stereocenters. The van der Waals surface area contributed by atoms with Crippen LogP contribution in [-0.2, 0) is 22.3 Å². The maximum Gasteiger partial charge on any atom is 0.416 e. The van der Waals surface area contributed by atoms with Crippen molar-refractivity contribution < 1.29 is 37.1 Å². The second kappa shape index (κ2) is 13.5. The van der Waals surface area contributed by atoms with Crippen LogP contribution in [0.2, 0.25) is 0 Å². The zero-order chi connectivity index (χ0) is 35.2. The van der Waals surface area contributed by atoms with Crippen molar-refractivity contribution in [3.05, 3.63) is 94.5 Å². The molecule has 7 rings (SSSR count). The Labute approximate surface area is 287 Å². The summed E-state index contributed by atoms with van der Waals surface area (Å²) in [7, 11) is 0. The van der Waals surface area contributed by atoms with Gasteiger partial charge in [0.25, 0.3) is 17.7 Å². The lowest BCUT2D eigenvalue weighted by atomic mass is 9.78. The van der Waals surface area contributed by atoms with Gasteiger partial charge in [-0.25, -0.2) is 0 Å². The standard InChI is InChI=1S/C38H37F3N4O5/c39-38(40,41)28-7-2-6-27(21-28)35(48)44-18-14-25(15-19-44)24-12-16-43(17-13-24)22-23-4-1-5-26(20-23)29-8-3-9-30-33(29)37(50)45(36(30)49)31-10-11-32(46)42-34(31)47/h1-9,20-21,24-25,31H,10-19,22H2,(H,42,46,47). The highest BCUT2D eigenvalue weighted by Crippen LogP contribution is 2.37. The van der Waals surface area contributed by atoms with Gasteiger partial charge < -0.3 is 4.90 Å². The number of alkyl halides is 3. The fraction of sp³-hybridized carbons (Fsp3) is 0.395. The molecule has 0 bridgehead atoms. The van der Waals surface area contributed by atoms with Gasteiger partial charge in [-0.3, -0.25) is 39.1 Å². The van der Waals surface area contributed by atoms with Crippen molar-refractivity contribution in [2.45, 2.75) is 57.3 Å². The Morgan fingerprint density at radius 2 is 1.42 bits per heavy atom. The summed E-state index contributed by atoms with van der Waals surface area (Å²) in [6.45, 7) is 3.61. The molecule has 12 heteroatoms. The number of imide groups is 2. The smallest absolute Gasteiger partial charge is 0.339 e. The molecule has 9 nitrogen and oxygen atoms in total. The average molecular weight is 687 g/mol. The van der Waals surface area contributed by atoms with E-state index in [0.717, 1.165) is 73.5 Å². The summed E-state index contributed by atoms with van der Waals surface area (Å²) in [6.07, 6.45) is -0.630. The monoisotopic (exact) mass is 686 g/mol. The number of rotatable bonds is 6. The third-order valence-corrected chi connectivity index (χ3v) is 10.7. The Morgan fingerprint density at radius 3 is 2.12 bits per heavy atom. The third kappa shape index (κ3) is 6.56. The zero-order valence-corrected chi connectivity index (χ0v) is 27.4. The van der Waals surface area contributed by atoms with Gasteiger partial charge in [0.1, 0.15) is 6.04 Å². The molecule has 0 aromatic heterocycles. The Kier molecular flexibility index (Phi) is 9.06. The summed E-state index contributed by atoms with van der Waals surface area (Å²) >= 11 is 0. The number of halogens is 3. The zero-order valence-electron chi connectivity index (χ0n) is 27.4. The third-order valence-electron chi connectivity index (χ3n) is 10.7. The lowest BCUT2D eigenvalue weighted by molar-refractivity contribution is -0.138. The van der Waals surface area contributed by atoms with Crippen LogP contribution < -0.4 is 5.32 Å². The van der Waals surface area contributed by atoms with Crippen molar-refractivity contribution in [2.24, 2.45) is 11.8 Å². The Morgan fingerprint density at radius 1 is 0.760 bits per heavy atom. The molecule has 0 spiro atoms. The molecule has 1 atom stereocenters. The van der Waals surface area contributed by atoms with E-state index in [9.17, 15) is 37.1 Å². The lowest BCUT2D eigenvalue weighted by Gasteiger charge is -2.40. The first-order valence-electron chi connectivity index (χ1n) is 17.1. The van der Waals surface area contributed by atoms with E-state index < -0.39 is 41.4 Å². The SMILES string of the molecule is O=C1CCC(N2C(=O)c3cccc(-c4cccc(CN5CCC(C6CCN(C(=O)c7cccc(C(F)(F)F)c7)CC6)CC5)c4)c3C2=O)C(=O)N1. The number of hydrogen-bond acceptors (Lipinski definition) is 6. The highest BCUT2D eigenvalue weighted by atomic mass is 19.4. The van der Waals surface area contributed by atoms with Crippen molar-refractivity contribution >= 4 is 29.5 Å². The summed E-state index contributed by atoms with van der Waals surface area (Å²) in [6, 6.07) is 16.7. The van der Waals surface area contributed by atoms with Crippen LogP contribution in [0, 0.1) is 11.8 Å². The lowest BCUT2D eigenvalue weighted by Crippen LogP contribution is -2.54. The predicted molar refractivity (Wildman–Crippen MR) is 177 cm³/mol. The van der Waals surface area contributed by atoms with E-state index in [1.165, 1.54) is 12.1 Å². The average Bonchev–Trinajstić information content (AvgIpc) is 3.37. The van der Waals surface area contributed by atoms with Gasteiger partial charge in [0.05, 0.1) is 16.7 Å². The Hall–Kier alpha value is -4.84. The molecule has 4 aliphatic rings. The molecule has 0 saturated carbocycles. The minimum absolute atomic E-state index is 0.0581. The quantitative estimate of drug-likeness (QED) is 0.342. The first-order valence-corrected chi connectivity index (χ1v) is 17.1. The molecule has 260 valence electrons. The maximum absolute atomic E-state index is 13.6. The molecule has 4 aliphatic heterocycles. The summed E-state index contributed by atoms with van der Waals surface area (Å²) < 4.78 is 39.5. The number of hydrogen-bond donors (Lipinski definition) is 1. The summed E-state index contributed by atoms with van der Waals surface area (Å²) in [5.74, 6) is -1.50. The second-order valence-corrected chi connectivity index (χ2v) is 13.7. The molecule has 3 saturated heterocycles. The molecule has 3 fully saturated rings. The first-order chi connectivity index (χ1) is 24.0. The highest BCUT2D eigenvalue weighted by Gasteiger charge is 2.45. The molecule has 50 heavy (non-hydrogen) atoms. The Bertz CT molecular complexity index is 1860. The van der Waals surface area contributed by atoms with Gasteiger partial charge in [-0.05, 0) is 104 Å². The number of carbonyl (C=O) groups excluding carboxylic acids is 5. The van der Waals surface area contributed by atoms with Gasteiger partial charge in [-0.15, -0.1) is 0 Å². The maximum atomic E-state index is 13.6. The van der Waals surface area contributed by atoms with Crippen LogP contribution in [-0.4, -0.2) is 76.5 Å². The number of carbonyl (C=O) groups is 5. The minimum atomic E-state index is -4.49. The summed E-state index contributed by atoms with van der Waals surface area (Å²) in [5.41, 5.74) is 2.25. The Balaban J connectivity index is 0.950. The number of piperidine rings is 3. The van der Waals surface area contributed by atoms with Gasteiger partial charge >= 0.3 is 6.18 Å². The van der Waals surface area contributed by atoms with Crippen molar-refractivity contribution in [3.63, 3.8) is 0 Å². The summed E-state index contributed by atoms with van der Waals surface area (Å²) in [4.78, 5) is 69.2. The van der Waals surface area contributed by atoms with Crippen LogP contribution >= 0.6 is 0 Å². The molecule has 5 amide bonds. The van der Waals surface area contributed by atoms with E-state index in [1.807, 2.05) is 24.3 Å². The molecule has 0 radical (unpaired) electrons. The first kappa shape index (κ1) is 33.6. The normalized spacial score (nSPS) is 21.1. The van der Waals surface area contributed by atoms with Crippen LogP contribution in [0.25, 0.3) is 11.1 Å². The minimum Gasteiger partial charge on any atom is -0.339 e. The van der Waals surface area contributed by atoms with E-state index in [4.69, 9.17) is 0 Å². The van der Waals surface area contributed by atoms with Crippen LogP contribution in [0.1, 0.15) is 80.7 Å². The van der Waals surface area contributed by atoms with E-state index in [2.05, 4.69) is 10.2 Å². The fourth-order valence-corrected chi connectivity index (χ4v) is 8.02. The van der Waals surface area contributed by atoms with Gasteiger partial charge in [0, 0.05) is 31.6 Å². The second-order valence-electron chi connectivity index (χ2n) is 13.7. The van der Waals surface area contributed by atoms with Crippen molar-refractivity contribution in [1.29, 1.82) is 0 Å². The number of nitrogens with one attached hydrogen (secondary N) is 1. The van der Waals surface area contributed by atoms with Crippen molar-refractivity contribution in [1.82, 2.24) is 20.0 Å². The highest BCUT2D eigenvalue weighted by molar-refractivity contribution is 6.25. The topological polar surface area (TPSA) is 107 Å². The van der Waals surface area contributed by atoms with E-state index in [-0.39, 0.29) is 35.4 Å². The van der Waals surface area contributed by atoms with Crippen LogP contribution in [0.4, 0.5) is 13.2 Å². The van der Waals surface area contributed by atoms with Gasteiger partial charge in [-0.2, -0.15) is 13.2 Å². The number of fused-ring (bicyclic) bond motifs is 1. The number of benzene rings is 3.